The molecule has 0 unspecified atom stereocenters. The highest BCUT2D eigenvalue weighted by Crippen LogP contribution is 2.27. The van der Waals surface area contributed by atoms with Crippen molar-refractivity contribution in [3.05, 3.63) is 83.9 Å². The Balaban J connectivity index is 1.64. The van der Waals surface area contributed by atoms with Gasteiger partial charge in [-0.25, -0.2) is 0 Å². The zero-order valence-corrected chi connectivity index (χ0v) is 16.2. The lowest BCUT2D eigenvalue weighted by molar-refractivity contribution is -0.138. The van der Waals surface area contributed by atoms with Gasteiger partial charge in [-0.15, -0.1) is 0 Å². The Hall–Kier alpha value is -2.69. The fourth-order valence-electron chi connectivity index (χ4n) is 3.89. The van der Waals surface area contributed by atoms with Crippen LogP contribution in [0.1, 0.15) is 30.1 Å². The van der Waals surface area contributed by atoms with E-state index in [1.165, 1.54) is 16.3 Å². The van der Waals surface area contributed by atoms with Crippen molar-refractivity contribution in [3.8, 4) is 0 Å². The topological polar surface area (TPSA) is 41.6 Å². The van der Waals surface area contributed by atoms with Crippen LogP contribution in [0, 0.1) is 0 Å². The maximum atomic E-state index is 13.3. The molecule has 4 rings (SSSR count). The van der Waals surface area contributed by atoms with E-state index in [2.05, 4.69) is 54.7 Å². The van der Waals surface area contributed by atoms with Crippen molar-refractivity contribution in [1.29, 1.82) is 0 Å². The van der Waals surface area contributed by atoms with Gasteiger partial charge in [-0.05, 0) is 28.8 Å². The van der Waals surface area contributed by atoms with Crippen molar-refractivity contribution >= 4 is 16.7 Å². The molecule has 1 saturated heterocycles. The lowest BCUT2D eigenvalue weighted by Gasteiger charge is -2.32. The third-order valence-corrected chi connectivity index (χ3v) is 5.41. The number of nitrogens with one attached hydrogen (secondary N) is 1. The molecule has 1 amide bonds. The van der Waals surface area contributed by atoms with Crippen LogP contribution >= 0.6 is 0 Å². The van der Waals surface area contributed by atoms with E-state index >= 15 is 0 Å². The summed E-state index contributed by atoms with van der Waals surface area (Å²) in [4.78, 5) is 15.2. The second-order valence-electron chi connectivity index (χ2n) is 7.24. The summed E-state index contributed by atoms with van der Waals surface area (Å²) in [6.45, 7) is 4.63. The van der Waals surface area contributed by atoms with Gasteiger partial charge in [0.2, 0.25) is 5.91 Å². The number of carbonyl (C=O) groups is 1. The Labute approximate surface area is 166 Å². The van der Waals surface area contributed by atoms with Gasteiger partial charge >= 0.3 is 0 Å². The number of benzene rings is 3. The monoisotopic (exact) mass is 374 g/mol. The van der Waals surface area contributed by atoms with E-state index in [9.17, 15) is 4.79 Å². The molecule has 144 valence electrons. The highest BCUT2D eigenvalue weighted by molar-refractivity contribution is 5.86. The van der Waals surface area contributed by atoms with Gasteiger partial charge in [-0.3, -0.25) is 10.1 Å². The molecule has 3 aromatic rings. The van der Waals surface area contributed by atoms with Crippen LogP contribution in [0.4, 0.5) is 0 Å². The number of hydrogen-bond acceptors (Lipinski definition) is 3. The third-order valence-electron chi connectivity index (χ3n) is 5.41. The maximum Gasteiger partial charge on any atom is 0.244 e. The minimum absolute atomic E-state index is 0.0290. The van der Waals surface area contributed by atoms with Gasteiger partial charge in [-0.2, -0.15) is 0 Å². The molecule has 0 radical (unpaired) electrons. The predicted molar refractivity (Wildman–Crippen MR) is 112 cm³/mol. The van der Waals surface area contributed by atoms with Crippen LogP contribution in [0.2, 0.25) is 0 Å². The Morgan fingerprint density at radius 3 is 2.39 bits per heavy atom. The molecule has 4 heteroatoms. The Morgan fingerprint density at radius 2 is 1.61 bits per heavy atom. The molecule has 1 heterocycles. The number of hydrogen-bond donors (Lipinski definition) is 1. The Bertz CT molecular complexity index is 930. The van der Waals surface area contributed by atoms with Gasteiger partial charge < -0.3 is 9.64 Å². The molecule has 3 aromatic carbocycles. The normalized spacial score (nSPS) is 16.7. The summed E-state index contributed by atoms with van der Waals surface area (Å²) in [7, 11) is 0. The largest absolute Gasteiger partial charge is 0.378 e. The molecule has 0 saturated carbocycles. The summed E-state index contributed by atoms with van der Waals surface area (Å²) in [5, 5.41) is 6.04. The summed E-state index contributed by atoms with van der Waals surface area (Å²) in [6, 6.07) is 24.4. The third kappa shape index (κ3) is 3.93. The van der Waals surface area contributed by atoms with E-state index in [-0.39, 0.29) is 18.0 Å². The lowest BCUT2D eigenvalue weighted by Crippen LogP contribution is -2.46. The minimum atomic E-state index is -0.381. The first-order chi connectivity index (χ1) is 13.7. The number of rotatable bonds is 5. The SMILES string of the molecule is C[C@H](N[C@H](C(=O)N1CCOCC1)c1ccccc1)c1cccc2ccccc12. The van der Waals surface area contributed by atoms with Crippen LogP contribution in [-0.4, -0.2) is 37.1 Å². The summed E-state index contributed by atoms with van der Waals surface area (Å²) in [5.41, 5.74) is 2.19. The number of ether oxygens (including phenoxy) is 1. The highest BCUT2D eigenvalue weighted by Gasteiger charge is 2.28. The maximum absolute atomic E-state index is 13.3. The second kappa shape index (κ2) is 8.55. The van der Waals surface area contributed by atoms with E-state index in [4.69, 9.17) is 4.74 Å². The summed E-state index contributed by atoms with van der Waals surface area (Å²) in [5.74, 6) is 0.113. The van der Waals surface area contributed by atoms with E-state index < -0.39 is 0 Å². The average molecular weight is 374 g/mol. The van der Waals surface area contributed by atoms with Gasteiger partial charge in [0.1, 0.15) is 6.04 Å². The first-order valence-electron chi connectivity index (χ1n) is 9.89. The van der Waals surface area contributed by atoms with Crippen LogP contribution in [0.3, 0.4) is 0 Å². The van der Waals surface area contributed by atoms with Crippen LogP contribution in [0.15, 0.2) is 72.8 Å². The molecule has 0 spiro atoms. The standard InChI is InChI=1S/C24H26N2O2/c1-18(21-13-7-11-19-8-5-6-12-22(19)21)25-23(20-9-3-2-4-10-20)24(27)26-14-16-28-17-15-26/h2-13,18,23,25H,14-17H2,1H3/t18-,23-/m0/s1. The molecule has 1 fully saturated rings. The van der Waals surface area contributed by atoms with Crippen molar-refractivity contribution < 1.29 is 9.53 Å². The van der Waals surface area contributed by atoms with Crippen LogP contribution in [0.25, 0.3) is 10.8 Å². The molecule has 0 bridgehead atoms. The summed E-state index contributed by atoms with van der Waals surface area (Å²) >= 11 is 0. The van der Waals surface area contributed by atoms with Crippen molar-refractivity contribution in [2.75, 3.05) is 26.3 Å². The number of carbonyl (C=O) groups excluding carboxylic acids is 1. The van der Waals surface area contributed by atoms with Gasteiger partial charge in [0.25, 0.3) is 0 Å². The van der Waals surface area contributed by atoms with E-state index in [1.54, 1.807) is 0 Å². The number of amides is 1. The van der Waals surface area contributed by atoms with Crippen LogP contribution < -0.4 is 5.32 Å². The fourth-order valence-corrected chi connectivity index (χ4v) is 3.89. The average Bonchev–Trinajstić information content (AvgIpc) is 2.77. The zero-order chi connectivity index (χ0) is 19.3. The number of nitrogens with zero attached hydrogens (tertiary/aromatic N) is 1. The molecule has 2 atom stereocenters. The van der Waals surface area contributed by atoms with Crippen LogP contribution in [-0.2, 0) is 9.53 Å². The zero-order valence-electron chi connectivity index (χ0n) is 16.2. The van der Waals surface area contributed by atoms with E-state index in [0.29, 0.717) is 26.3 Å². The van der Waals surface area contributed by atoms with Crippen LogP contribution in [0.5, 0.6) is 0 Å². The Morgan fingerprint density at radius 1 is 0.929 bits per heavy atom. The number of morpholine rings is 1. The van der Waals surface area contributed by atoms with Crippen molar-refractivity contribution in [2.24, 2.45) is 0 Å². The molecule has 0 aliphatic carbocycles. The van der Waals surface area contributed by atoms with Gasteiger partial charge in [-0.1, -0.05) is 72.8 Å². The first-order valence-corrected chi connectivity index (χ1v) is 9.89. The highest BCUT2D eigenvalue weighted by atomic mass is 16.5. The van der Waals surface area contributed by atoms with Gasteiger partial charge in [0.05, 0.1) is 13.2 Å². The number of fused-ring (bicyclic) bond motifs is 1. The fraction of sp³-hybridized carbons (Fsp3) is 0.292. The molecule has 0 aromatic heterocycles. The minimum Gasteiger partial charge on any atom is -0.378 e. The Kier molecular flexibility index (Phi) is 5.70. The first kappa shape index (κ1) is 18.7. The molecule has 1 aliphatic heterocycles. The molecular weight excluding hydrogens is 348 g/mol. The lowest BCUT2D eigenvalue weighted by atomic mass is 9.97. The van der Waals surface area contributed by atoms with Gasteiger partial charge in [0.15, 0.2) is 0 Å². The molecule has 1 aliphatic rings. The smallest absolute Gasteiger partial charge is 0.244 e. The quantitative estimate of drug-likeness (QED) is 0.731. The molecule has 28 heavy (non-hydrogen) atoms. The predicted octanol–water partition coefficient (Wildman–Crippen LogP) is 4.09. The summed E-state index contributed by atoms with van der Waals surface area (Å²) in [6.07, 6.45) is 0. The second-order valence-corrected chi connectivity index (χ2v) is 7.24. The van der Waals surface area contributed by atoms with E-state index in [0.717, 1.165) is 5.56 Å². The summed E-state index contributed by atoms with van der Waals surface area (Å²) < 4.78 is 5.42. The molecule has 1 N–H and O–H groups in total. The molecule has 4 nitrogen and oxygen atoms in total. The molecular formula is C24H26N2O2. The van der Waals surface area contributed by atoms with Crippen molar-refractivity contribution in [2.45, 2.75) is 19.0 Å². The van der Waals surface area contributed by atoms with Gasteiger partial charge in [0, 0.05) is 19.1 Å². The van der Waals surface area contributed by atoms with Crippen molar-refractivity contribution in [1.82, 2.24) is 10.2 Å². The van der Waals surface area contributed by atoms with E-state index in [1.807, 2.05) is 35.2 Å². The van der Waals surface area contributed by atoms with Crippen molar-refractivity contribution in [3.63, 3.8) is 0 Å².